The van der Waals surface area contributed by atoms with Gasteiger partial charge in [-0.25, -0.2) is 4.79 Å². The molecule has 29 heavy (non-hydrogen) atoms. The van der Waals surface area contributed by atoms with Gasteiger partial charge in [-0.05, 0) is 85.4 Å². The van der Waals surface area contributed by atoms with E-state index in [9.17, 15) is 4.79 Å². The third-order valence-corrected chi connectivity index (χ3v) is 5.56. The molecule has 2 N–H and O–H groups in total. The normalized spacial score (nSPS) is 22.0. The molecule has 1 amide bonds. The smallest absolute Gasteiger partial charge is 0.407 e. The second-order valence-electron chi connectivity index (χ2n) is 9.54. The highest BCUT2D eigenvalue weighted by atomic mass is 16.6. The largest absolute Gasteiger partial charge is 0.444 e. The summed E-state index contributed by atoms with van der Waals surface area (Å²) in [4.78, 5) is 21.7. The fraction of sp³-hybridized carbons (Fsp3) is 0.909. The Balaban J connectivity index is 1.70. The Hall–Kier alpha value is -1.50. The van der Waals surface area contributed by atoms with E-state index in [1.54, 1.807) is 0 Å². The lowest BCUT2D eigenvalue weighted by Gasteiger charge is -2.30. The molecule has 0 radical (unpaired) electrons. The predicted molar refractivity (Wildman–Crippen MR) is 119 cm³/mol. The van der Waals surface area contributed by atoms with E-state index in [0.29, 0.717) is 0 Å². The van der Waals surface area contributed by atoms with Crippen molar-refractivity contribution in [1.82, 2.24) is 20.4 Å². The van der Waals surface area contributed by atoms with Crippen LogP contribution in [-0.2, 0) is 4.74 Å². The Morgan fingerprint density at radius 3 is 2.52 bits per heavy atom. The average molecular weight is 410 g/mol. The predicted octanol–water partition coefficient (Wildman–Crippen LogP) is 3.06. The highest BCUT2D eigenvalue weighted by Crippen LogP contribution is 2.16. The van der Waals surface area contributed by atoms with Crippen molar-refractivity contribution < 1.29 is 9.53 Å². The van der Waals surface area contributed by atoms with Crippen LogP contribution in [0.25, 0.3) is 0 Å². The van der Waals surface area contributed by atoms with Crippen molar-refractivity contribution >= 4 is 12.1 Å². The third-order valence-electron chi connectivity index (χ3n) is 5.56. The van der Waals surface area contributed by atoms with Gasteiger partial charge >= 0.3 is 6.09 Å². The van der Waals surface area contributed by atoms with E-state index in [-0.39, 0.29) is 12.1 Å². The number of likely N-dealkylation sites (tertiary alicyclic amines) is 2. The summed E-state index contributed by atoms with van der Waals surface area (Å²) in [6.45, 7) is 17.2. The van der Waals surface area contributed by atoms with Gasteiger partial charge in [-0.15, -0.1) is 0 Å². The molecular formula is C22H43N5O2. The average Bonchev–Trinajstić information content (AvgIpc) is 3.08. The number of hydrogen-bond acceptors (Lipinski definition) is 4. The van der Waals surface area contributed by atoms with Gasteiger partial charge in [0.15, 0.2) is 5.96 Å². The first-order valence-corrected chi connectivity index (χ1v) is 11.5. The van der Waals surface area contributed by atoms with Crippen LogP contribution in [0.1, 0.15) is 66.7 Å². The molecule has 0 saturated carbocycles. The van der Waals surface area contributed by atoms with Gasteiger partial charge in [-0.2, -0.15) is 0 Å². The number of unbranched alkanes of at least 4 members (excludes halogenated alkanes) is 1. The monoisotopic (exact) mass is 409 g/mol. The first kappa shape index (κ1) is 23.8. The molecule has 0 spiro atoms. The molecule has 0 aliphatic carbocycles. The number of amides is 1. The minimum atomic E-state index is -0.467. The minimum absolute atomic E-state index is 0.107. The van der Waals surface area contributed by atoms with E-state index in [1.165, 1.54) is 38.9 Å². The molecule has 0 aromatic heterocycles. The Morgan fingerprint density at radius 1 is 1.14 bits per heavy atom. The molecule has 7 nitrogen and oxygen atoms in total. The Labute approximate surface area is 177 Å². The van der Waals surface area contributed by atoms with Crippen LogP contribution in [0.3, 0.4) is 0 Å². The Morgan fingerprint density at radius 2 is 1.86 bits per heavy atom. The van der Waals surface area contributed by atoms with Gasteiger partial charge in [0, 0.05) is 26.2 Å². The summed E-state index contributed by atoms with van der Waals surface area (Å²) in [7, 11) is 0. The maximum Gasteiger partial charge on any atom is 0.407 e. The first-order valence-electron chi connectivity index (χ1n) is 11.5. The third kappa shape index (κ3) is 9.24. The van der Waals surface area contributed by atoms with Crippen molar-refractivity contribution in [2.24, 2.45) is 10.9 Å². The van der Waals surface area contributed by atoms with Gasteiger partial charge in [-0.1, -0.05) is 6.92 Å². The molecular weight excluding hydrogens is 366 g/mol. The summed E-state index contributed by atoms with van der Waals surface area (Å²) >= 11 is 0. The molecule has 2 fully saturated rings. The number of carbonyl (C=O) groups excluding carboxylic acids is 1. The van der Waals surface area contributed by atoms with Crippen LogP contribution >= 0.6 is 0 Å². The van der Waals surface area contributed by atoms with Gasteiger partial charge < -0.3 is 25.2 Å². The summed E-state index contributed by atoms with van der Waals surface area (Å²) in [6, 6.07) is 0.107. The number of ether oxygens (including phenoxy) is 1. The quantitative estimate of drug-likeness (QED) is 0.384. The van der Waals surface area contributed by atoms with Crippen LogP contribution < -0.4 is 10.6 Å². The number of carbonyl (C=O) groups is 1. The molecule has 2 rings (SSSR count). The van der Waals surface area contributed by atoms with Crippen molar-refractivity contribution in [2.75, 3.05) is 45.8 Å². The number of piperidine rings is 1. The summed E-state index contributed by atoms with van der Waals surface area (Å²) in [5, 5.41) is 6.39. The molecule has 1 unspecified atom stereocenters. The van der Waals surface area contributed by atoms with Gasteiger partial charge in [0.2, 0.25) is 0 Å². The van der Waals surface area contributed by atoms with Crippen molar-refractivity contribution in [3.05, 3.63) is 0 Å². The minimum Gasteiger partial charge on any atom is -0.444 e. The van der Waals surface area contributed by atoms with Gasteiger partial charge in [0.05, 0.1) is 6.04 Å². The maximum atomic E-state index is 12.0. The van der Waals surface area contributed by atoms with Crippen LogP contribution in [0.15, 0.2) is 4.99 Å². The number of nitrogens with one attached hydrogen (secondary N) is 2. The SMILES string of the molecule is CCNC(=NCCCCN1CCC(C)CC1)N1CCC(NC(=O)OC(C)(C)C)C1. The number of rotatable bonds is 7. The second kappa shape index (κ2) is 11.6. The fourth-order valence-electron chi connectivity index (χ4n) is 3.89. The zero-order valence-electron chi connectivity index (χ0n) is 19.3. The van der Waals surface area contributed by atoms with Crippen LogP contribution in [0.4, 0.5) is 4.79 Å². The van der Waals surface area contributed by atoms with Gasteiger partial charge in [0.25, 0.3) is 0 Å². The van der Waals surface area contributed by atoms with E-state index < -0.39 is 5.60 Å². The molecule has 2 heterocycles. The van der Waals surface area contributed by atoms with E-state index in [2.05, 4.69) is 34.3 Å². The van der Waals surface area contributed by atoms with E-state index >= 15 is 0 Å². The molecule has 0 aromatic carbocycles. The number of alkyl carbamates (subject to hydrolysis) is 1. The fourth-order valence-corrected chi connectivity index (χ4v) is 3.89. The summed E-state index contributed by atoms with van der Waals surface area (Å²) in [6.07, 6.45) is 5.59. The number of nitrogens with zero attached hydrogens (tertiary/aromatic N) is 3. The second-order valence-corrected chi connectivity index (χ2v) is 9.54. The molecule has 2 saturated heterocycles. The van der Waals surface area contributed by atoms with Crippen molar-refractivity contribution in [3.63, 3.8) is 0 Å². The molecule has 168 valence electrons. The van der Waals surface area contributed by atoms with Crippen LogP contribution in [0, 0.1) is 5.92 Å². The van der Waals surface area contributed by atoms with Gasteiger partial charge in [-0.3, -0.25) is 4.99 Å². The maximum absolute atomic E-state index is 12.0. The zero-order chi connectivity index (χ0) is 21.3. The lowest BCUT2D eigenvalue weighted by molar-refractivity contribution is 0.0507. The molecule has 7 heteroatoms. The Kier molecular flexibility index (Phi) is 9.53. The number of aliphatic imine (C=N–C) groups is 1. The van der Waals surface area contributed by atoms with E-state index in [1.807, 2.05) is 20.8 Å². The highest BCUT2D eigenvalue weighted by molar-refractivity contribution is 5.80. The lowest BCUT2D eigenvalue weighted by atomic mass is 9.99. The van der Waals surface area contributed by atoms with Gasteiger partial charge in [0.1, 0.15) is 5.60 Å². The Bertz CT molecular complexity index is 524. The standard InChI is InChI=1S/C22H43N5O2/c1-6-23-20(24-12-7-8-13-26-14-9-18(2)10-15-26)27-16-11-19(17-27)25-21(28)29-22(3,4)5/h18-19H,6-17H2,1-5H3,(H,23,24)(H,25,28). The number of hydrogen-bond donors (Lipinski definition) is 2. The summed E-state index contributed by atoms with van der Waals surface area (Å²) in [5.74, 6) is 1.86. The number of guanidine groups is 1. The molecule has 0 aromatic rings. The summed E-state index contributed by atoms with van der Waals surface area (Å²) in [5.41, 5.74) is -0.467. The summed E-state index contributed by atoms with van der Waals surface area (Å²) < 4.78 is 5.37. The molecule has 1 atom stereocenters. The lowest BCUT2D eigenvalue weighted by Crippen LogP contribution is -2.44. The van der Waals surface area contributed by atoms with Crippen LogP contribution in [0.2, 0.25) is 0 Å². The van der Waals surface area contributed by atoms with E-state index in [4.69, 9.17) is 9.73 Å². The zero-order valence-corrected chi connectivity index (χ0v) is 19.3. The van der Waals surface area contributed by atoms with Crippen molar-refractivity contribution in [2.45, 2.75) is 78.4 Å². The molecule has 2 aliphatic heterocycles. The van der Waals surface area contributed by atoms with Crippen LogP contribution in [0.5, 0.6) is 0 Å². The van der Waals surface area contributed by atoms with Crippen LogP contribution in [-0.4, -0.2) is 79.3 Å². The molecule has 2 aliphatic rings. The topological polar surface area (TPSA) is 69.2 Å². The molecule has 0 bridgehead atoms. The van der Waals surface area contributed by atoms with E-state index in [0.717, 1.165) is 50.9 Å². The highest BCUT2D eigenvalue weighted by Gasteiger charge is 2.27. The first-order chi connectivity index (χ1) is 13.8. The van der Waals surface area contributed by atoms with Crippen molar-refractivity contribution in [1.29, 1.82) is 0 Å². The van der Waals surface area contributed by atoms with Crippen molar-refractivity contribution in [3.8, 4) is 0 Å².